The molecular formula is C15H25NO2. The van der Waals surface area contributed by atoms with E-state index in [0.717, 1.165) is 5.92 Å². The molecule has 4 aliphatic carbocycles. The smallest absolute Gasteiger partial charge is 0.304 e. The van der Waals surface area contributed by atoms with E-state index in [2.05, 4.69) is 19.2 Å². The molecule has 0 aromatic rings. The molecule has 2 unspecified atom stereocenters. The molecule has 3 heteroatoms. The van der Waals surface area contributed by atoms with Gasteiger partial charge in [0.2, 0.25) is 0 Å². The van der Waals surface area contributed by atoms with E-state index >= 15 is 0 Å². The molecule has 4 bridgehead atoms. The van der Waals surface area contributed by atoms with Gasteiger partial charge in [-0.25, -0.2) is 0 Å². The first-order valence-corrected chi connectivity index (χ1v) is 7.29. The van der Waals surface area contributed by atoms with E-state index in [4.69, 9.17) is 5.11 Å². The molecule has 0 spiro atoms. The van der Waals surface area contributed by atoms with Gasteiger partial charge in [-0.05, 0) is 55.3 Å². The molecule has 4 saturated carbocycles. The van der Waals surface area contributed by atoms with Gasteiger partial charge in [-0.2, -0.15) is 0 Å². The Kier molecular flexibility index (Phi) is 2.58. The van der Waals surface area contributed by atoms with E-state index < -0.39 is 5.97 Å². The Morgan fingerprint density at radius 3 is 2.28 bits per heavy atom. The summed E-state index contributed by atoms with van der Waals surface area (Å²) in [5.74, 6) is 0.179. The van der Waals surface area contributed by atoms with Crippen LogP contribution >= 0.6 is 0 Å². The zero-order valence-electron chi connectivity index (χ0n) is 11.6. The normalized spacial score (nSPS) is 49.6. The third-order valence-corrected chi connectivity index (χ3v) is 5.47. The SMILES string of the molecule is CC12CC3CC(C)(C1)CC(NCCC(=O)O)(C3)C2. The maximum absolute atomic E-state index is 10.7. The molecule has 0 aromatic heterocycles. The summed E-state index contributed by atoms with van der Waals surface area (Å²) in [5, 5.41) is 12.4. The molecule has 18 heavy (non-hydrogen) atoms. The van der Waals surface area contributed by atoms with Crippen molar-refractivity contribution in [1.29, 1.82) is 0 Å². The fourth-order valence-corrected chi connectivity index (χ4v) is 6.08. The third kappa shape index (κ3) is 2.07. The van der Waals surface area contributed by atoms with Crippen LogP contribution in [-0.4, -0.2) is 23.2 Å². The van der Waals surface area contributed by atoms with Crippen molar-refractivity contribution in [3.63, 3.8) is 0 Å². The second-order valence-corrected chi connectivity index (χ2v) is 7.98. The number of hydrogen-bond acceptors (Lipinski definition) is 2. The Morgan fingerprint density at radius 2 is 1.78 bits per heavy atom. The first-order chi connectivity index (χ1) is 8.32. The summed E-state index contributed by atoms with van der Waals surface area (Å²) in [4.78, 5) is 10.7. The maximum atomic E-state index is 10.7. The molecule has 0 heterocycles. The Balaban J connectivity index is 1.74. The highest BCUT2D eigenvalue weighted by atomic mass is 16.4. The predicted molar refractivity (Wildman–Crippen MR) is 70.4 cm³/mol. The third-order valence-electron chi connectivity index (χ3n) is 5.47. The van der Waals surface area contributed by atoms with Crippen LogP contribution in [0.15, 0.2) is 0 Å². The highest BCUT2D eigenvalue weighted by molar-refractivity contribution is 5.66. The second kappa shape index (κ2) is 3.72. The standard InChI is InChI=1S/C15H25NO2/c1-13-5-11-6-14(2,8-13)10-15(7-11,9-13)16-4-3-12(17)18/h11,16H,3-10H2,1-2H3,(H,17,18). The number of hydrogen-bond donors (Lipinski definition) is 2. The largest absolute Gasteiger partial charge is 0.481 e. The molecule has 4 rings (SSSR count). The number of rotatable bonds is 4. The average molecular weight is 251 g/mol. The fourth-order valence-electron chi connectivity index (χ4n) is 6.08. The molecule has 102 valence electrons. The van der Waals surface area contributed by atoms with E-state index in [9.17, 15) is 4.79 Å². The molecule has 4 fully saturated rings. The molecule has 2 N–H and O–H groups in total. The number of aliphatic carboxylic acids is 1. The number of nitrogens with one attached hydrogen (secondary N) is 1. The molecule has 4 aliphatic rings. The van der Waals surface area contributed by atoms with Gasteiger partial charge in [0.1, 0.15) is 0 Å². The quantitative estimate of drug-likeness (QED) is 0.807. The molecule has 2 atom stereocenters. The lowest BCUT2D eigenvalue weighted by molar-refractivity contribution is -0.137. The highest BCUT2D eigenvalue weighted by Gasteiger charge is 2.59. The van der Waals surface area contributed by atoms with Gasteiger partial charge < -0.3 is 10.4 Å². The number of carboxylic acid groups (broad SMARTS) is 1. The minimum absolute atomic E-state index is 0.248. The minimum atomic E-state index is -0.690. The Labute approximate surface area is 109 Å². The fraction of sp³-hybridized carbons (Fsp3) is 0.933. The molecule has 0 amide bonds. The van der Waals surface area contributed by atoms with Crippen molar-refractivity contribution in [3.05, 3.63) is 0 Å². The molecule has 0 radical (unpaired) electrons. The summed E-state index contributed by atoms with van der Waals surface area (Å²) >= 11 is 0. The summed E-state index contributed by atoms with van der Waals surface area (Å²) in [7, 11) is 0. The molecule has 0 saturated heterocycles. The van der Waals surface area contributed by atoms with Crippen LogP contribution in [0.3, 0.4) is 0 Å². The van der Waals surface area contributed by atoms with Crippen LogP contribution in [0.1, 0.15) is 58.8 Å². The van der Waals surface area contributed by atoms with Crippen LogP contribution in [-0.2, 0) is 4.79 Å². The monoisotopic (exact) mass is 251 g/mol. The molecule has 0 aliphatic heterocycles. The lowest BCUT2D eigenvalue weighted by atomic mass is 9.43. The van der Waals surface area contributed by atoms with Crippen molar-refractivity contribution < 1.29 is 9.90 Å². The van der Waals surface area contributed by atoms with Crippen LogP contribution < -0.4 is 5.32 Å². The van der Waals surface area contributed by atoms with Gasteiger partial charge in [-0.3, -0.25) is 4.79 Å². The summed E-state index contributed by atoms with van der Waals surface area (Å²) in [6.45, 7) is 5.53. The van der Waals surface area contributed by atoms with Gasteiger partial charge in [0.15, 0.2) is 0 Å². The van der Waals surface area contributed by atoms with Gasteiger partial charge in [-0.1, -0.05) is 13.8 Å². The lowest BCUT2D eigenvalue weighted by Gasteiger charge is -2.65. The van der Waals surface area contributed by atoms with Crippen LogP contribution in [0.5, 0.6) is 0 Å². The van der Waals surface area contributed by atoms with Gasteiger partial charge in [0.25, 0.3) is 0 Å². The van der Waals surface area contributed by atoms with Gasteiger partial charge in [-0.15, -0.1) is 0 Å². The highest BCUT2D eigenvalue weighted by Crippen LogP contribution is 2.66. The first kappa shape index (κ1) is 12.5. The van der Waals surface area contributed by atoms with Crippen molar-refractivity contribution in [2.75, 3.05) is 6.54 Å². The van der Waals surface area contributed by atoms with Crippen LogP contribution in [0.4, 0.5) is 0 Å². The predicted octanol–water partition coefficient (Wildman–Crippen LogP) is 2.80. The Morgan fingerprint density at radius 1 is 1.17 bits per heavy atom. The second-order valence-electron chi connectivity index (χ2n) is 7.98. The zero-order chi connectivity index (χ0) is 13.0. The summed E-state index contributed by atoms with van der Waals surface area (Å²) in [5.41, 5.74) is 1.26. The van der Waals surface area contributed by atoms with E-state index in [1.807, 2.05) is 0 Å². The summed E-state index contributed by atoms with van der Waals surface area (Å²) in [6.07, 6.45) is 8.20. The van der Waals surface area contributed by atoms with Crippen molar-refractivity contribution in [3.8, 4) is 0 Å². The van der Waals surface area contributed by atoms with Crippen LogP contribution in [0.2, 0.25) is 0 Å². The van der Waals surface area contributed by atoms with Gasteiger partial charge >= 0.3 is 5.97 Å². The Hall–Kier alpha value is -0.570. The lowest BCUT2D eigenvalue weighted by Crippen LogP contribution is -2.64. The van der Waals surface area contributed by atoms with Gasteiger partial charge in [0.05, 0.1) is 6.42 Å². The number of carbonyl (C=O) groups is 1. The first-order valence-electron chi connectivity index (χ1n) is 7.29. The van der Waals surface area contributed by atoms with Crippen LogP contribution in [0, 0.1) is 16.7 Å². The van der Waals surface area contributed by atoms with Crippen molar-refractivity contribution in [2.24, 2.45) is 16.7 Å². The van der Waals surface area contributed by atoms with Crippen molar-refractivity contribution in [2.45, 2.75) is 64.3 Å². The van der Waals surface area contributed by atoms with E-state index in [1.54, 1.807) is 0 Å². The summed E-state index contributed by atoms with van der Waals surface area (Å²) < 4.78 is 0. The molecular weight excluding hydrogens is 226 g/mol. The van der Waals surface area contributed by atoms with E-state index in [0.29, 0.717) is 17.4 Å². The average Bonchev–Trinajstić information content (AvgIpc) is 2.09. The number of carboxylic acids is 1. The van der Waals surface area contributed by atoms with Crippen molar-refractivity contribution in [1.82, 2.24) is 5.32 Å². The van der Waals surface area contributed by atoms with E-state index in [-0.39, 0.29) is 12.0 Å². The zero-order valence-corrected chi connectivity index (χ0v) is 11.6. The van der Waals surface area contributed by atoms with Gasteiger partial charge in [0, 0.05) is 12.1 Å². The summed E-state index contributed by atoms with van der Waals surface area (Å²) in [6, 6.07) is 0. The maximum Gasteiger partial charge on any atom is 0.304 e. The van der Waals surface area contributed by atoms with E-state index in [1.165, 1.54) is 38.5 Å². The molecule has 3 nitrogen and oxygen atoms in total. The van der Waals surface area contributed by atoms with Crippen LogP contribution in [0.25, 0.3) is 0 Å². The minimum Gasteiger partial charge on any atom is -0.481 e. The van der Waals surface area contributed by atoms with Crippen molar-refractivity contribution >= 4 is 5.97 Å². The topological polar surface area (TPSA) is 49.3 Å². The Bertz CT molecular complexity index is 361. The molecule has 0 aromatic carbocycles.